The van der Waals surface area contributed by atoms with Crippen LogP contribution in [0.2, 0.25) is 0 Å². The molecule has 1 aromatic carbocycles. The lowest BCUT2D eigenvalue weighted by Crippen LogP contribution is -1.86. The van der Waals surface area contributed by atoms with E-state index in [2.05, 4.69) is 40.8 Å². The second kappa shape index (κ2) is 9.34. The van der Waals surface area contributed by atoms with Gasteiger partial charge in [0, 0.05) is 16.7 Å². The van der Waals surface area contributed by atoms with Gasteiger partial charge in [0.15, 0.2) is 0 Å². The van der Waals surface area contributed by atoms with Crippen molar-refractivity contribution in [3.8, 4) is 47.2 Å². The second-order valence-electron chi connectivity index (χ2n) is 3.18. The minimum absolute atomic E-state index is 0.436. The van der Waals surface area contributed by atoms with E-state index >= 15 is 0 Å². The summed E-state index contributed by atoms with van der Waals surface area (Å²) in [6.07, 6.45) is 4.95. The fraction of sp³-hybridized carbons (Fsp3) is 0.125. The molecule has 0 aromatic heterocycles. The molecular formula is C16H8Cl2S. The highest BCUT2D eigenvalue weighted by Crippen LogP contribution is 2.25. The fourth-order valence-electron chi connectivity index (χ4n) is 1.12. The van der Waals surface area contributed by atoms with Crippen molar-refractivity contribution in [2.75, 3.05) is 0 Å². The maximum Gasteiger partial charge on any atom is 0.0485 e. The average Bonchev–Trinajstić information content (AvgIpc) is 2.46. The third kappa shape index (κ3) is 5.71. The molecule has 0 amide bonds. The molecule has 0 aliphatic rings. The zero-order chi connectivity index (χ0) is 13.9. The molecule has 0 bridgehead atoms. The van der Waals surface area contributed by atoms with Gasteiger partial charge in [-0.25, -0.2) is 0 Å². The molecule has 0 saturated heterocycles. The first-order valence-corrected chi connectivity index (χ1v) is 7.06. The molecular weight excluding hydrogens is 295 g/mol. The SMILES string of the molecule is C#CC#CC#CC#CSc1cc(CCl)ccc1CCl. The topological polar surface area (TPSA) is 0 Å². The Morgan fingerprint density at radius 2 is 1.74 bits per heavy atom. The summed E-state index contributed by atoms with van der Waals surface area (Å²) in [5.41, 5.74) is 2.06. The first-order chi connectivity index (χ1) is 9.31. The molecule has 0 heterocycles. The van der Waals surface area contributed by atoms with Crippen molar-refractivity contribution in [3.63, 3.8) is 0 Å². The van der Waals surface area contributed by atoms with Crippen LogP contribution in [-0.2, 0) is 11.8 Å². The summed E-state index contributed by atoms with van der Waals surface area (Å²) in [4.78, 5) is 0.997. The first kappa shape index (κ1) is 15.4. The van der Waals surface area contributed by atoms with E-state index in [1.54, 1.807) is 0 Å². The Morgan fingerprint density at radius 1 is 1.00 bits per heavy atom. The average molecular weight is 303 g/mol. The molecule has 0 fully saturated rings. The molecule has 1 rings (SSSR count). The maximum absolute atomic E-state index is 5.87. The van der Waals surface area contributed by atoms with E-state index in [-0.39, 0.29) is 0 Å². The summed E-state index contributed by atoms with van der Waals surface area (Å²) in [6, 6.07) is 5.89. The Labute approximate surface area is 128 Å². The van der Waals surface area contributed by atoms with E-state index in [1.165, 1.54) is 11.8 Å². The smallest absolute Gasteiger partial charge is 0.0485 e. The van der Waals surface area contributed by atoms with Gasteiger partial charge in [-0.15, -0.1) is 29.6 Å². The lowest BCUT2D eigenvalue weighted by atomic mass is 10.2. The molecule has 0 spiro atoms. The van der Waals surface area contributed by atoms with E-state index in [4.69, 9.17) is 29.6 Å². The Hall–Kier alpha value is -1.61. The normalized spacial score (nSPS) is 7.84. The molecule has 0 saturated carbocycles. The van der Waals surface area contributed by atoms with Crippen molar-refractivity contribution in [1.29, 1.82) is 0 Å². The predicted molar refractivity (Wildman–Crippen MR) is 83.6 cm³/mol. The largest absolute Gasteiger partial charge is 0.122 e. The van der Waals surface area contributed by atoms with Crippen LogP contribution in [-0.4, -0.2) is 0 Å². The quantitative estimate of drug-likeness (QED) is 0.464. The van der Waals surface area contributed by atoms with Crippen LogP contribution in [0.25, 0.3) is 0 Å². The summed E-state index contributed by atoms with van der Waals surface area (Å²) in [5, 5.41) is 2.88. The fourth-order valence-corrected chi connectivity index (χ4v) is 2.30. The van der Waals surface area contributed by atoms with Crippen molar-refractivity contribution in [2.45, 2.75) is 16.7 Å². The lowest BCUT2D eigenvalue weighted by molar-refractivity contribution is 1.22. The molecule has 3 heteroatoms. The summed E-state index contributed by atoms with van der Waals surface area (Å²) in [5.74, 6) is 15.8. The van der Waals surface area contributed by atoms with E-state index < -0.39 is 0 Å². The number of benzene rings is 1. The zero-order valence-electron chi connectivity index (χ0n) is 9.89. The van der Waals surface area contributed by atoms with Crippen molar-refractivity contribution >= 4 is 35.0 Å². The molecule has 0 aliphatic carbocycles. The van der Waals surface area contributed by atoms with Gasteiger partial charge in [-0.05, 0) is 69.7 Å². The Balaban J connectivity index is 2.79. The van der Waals surface area contributed by atoms with Crippen LogP contribution in [0.5, 0.6) is 0 Å². The number of alkyl halides is 2. The minimum atomic E-state index is 0.436. The first-order valence-electron chi connectivity index (χ1n) is 5.18. The minimum Gasteiger partial charge on any atom is -0.122 e. The van der Waals surface area contributed by atoms with Gasteiger partial charge >= 0.3 is 0 Å². The van der Waals surface area contributed by atoms with Gasteiger partial charge in [-0.2, -0.15) is 0 Å². The van der Waals surface area contributed by atoms with Crippen LogP contribution in [0.3, 0.4) is 0 Å². The van der Waals surface area contributed by atoms with Crippen LogP contribution in [0.4, 0.5) is 0 Å². The lowest BCUT2D eigenvalue weighted by Gasteiger charge is -2.04. The van der Waals surface area contributed by atoms with E-state index in [0.717, 1.165) is 16.0 Å². The highest BCUT2D eigenvalue weighted by molar-refractivity contribution is 8.04. The Bertz CT molecular complexity index is 664. The number of terminal acetylenes is 1. The standard InChI is InChI=1S/C16H8Cl2S/c1-2-3-4-5-6-7-10-19-16-11-14(12-17)8-9-15(16)13-18/h1,8-9,11H,12-13H2. The Morgan fingerprint density at radius 3 is 2.42 bits per heavy atom. The highest BCUT2D eigenvalue weighted by atomic mass is 35.5. The molecule has 0 nitrogen and oxygen atoms in total. The van der Waals surface area contributed by atoms with Gasteiger partial charge in [0.25, 0.3) is 0 Å². The van der Waals surface area contributed by atoms with E-state index in [1.807, 2.05) is 18.2 Å². The van der Waals surface area contributed by atoms with Gasteiger partial charge in [0.2, 0.25) is 0 Å². The summed E-state index contributed by atoms with van der Waals surface area (Å²) >= 11 is 13.0. The molecule has 0 radical (unpaired) electrons. The van der Waals surface area contributed by atoms with Gasteiger partial charge < -0.3 is 0 Å². The molecule has 19 heavy (non-hydrogen) atoms. The summed E-state index contributed by atoms with van der Waals surface area (Å²) < 4.78 is 0. The number of hydrogen-bond donors (Lipinski definition) is 0. The van der Waals surface area contributed by atoms with Gasteiger partial charge in [-0.1, -0.05) is 12.1 Å². The zero-order valence-corrected chi connectivity index (χ0v) is 12.2. The number of thioether (sulfide) groups is 1. The third-order valence-electron chi connectivity index (χ3n) is 1.96. The maximum atomic E-state index is 5.87. The van der Waals surface area contributed by atoms with Crippen LogP contribution < -0.4 is 0 Å². The Kier molecular flexibility index (Phi) is 7.59. The molecule has 0 N–H and O–H groups in total. The van der Waals surface area contributed by atoms with Crippen molar-refractivity contribution in [2.24, 2.45) is 0 Å². The highest BCUT2D eigenvalue weighted by Gasteiger charge is 2.02. The molecule has 0 unspecified atom stereocenters. The summed E-state index contributed by atoms with van der Waals surface area (Å²) in [7, 11) is 0. The number of hydrogen-bond acceptors (Lipinski definition) is 1. The predicted octanol–water partition coefficient (Wildman–Crippen LogP) is 3.86. The number of halogens is 2. The van der Waals surface area contributed by atoms with Crippen LogP contribution >= 0.6 is 35.0 Å². The van der Waals surface area contributed by atoms with Gasteiger partial charge in [0.1, 0.15) is 0 Å². The van der Waals surface area contributed by atoms with Gasteiger partial charge in [-0.3, -0.25) is 0 Å². The molecule has 1 aromatic rings. The monoisotopic (exact) mass is 302 g/mol. The van der Waals surface area contributed by atoms with Crippen LogP contribution in [0, 0.1) is 47.2 Å². The molecule has 0 atom stereocenters. The van der Waals surface area contributed by atoms with Crippen molar-refractivity contribution < 1.29 is 0 Å². The van der Waals surface area contributed by atoms with Crippen LogP contribution in [0.1, 0.15) is 11.1 Å². The van der Waals surface area contributed by atoms with Crippen LogP contribution in [0.15, 0.2) is 23.1 Å². The molecule has 92 valence electrons. The van der Waals surface area contributed by atoms with Crippen molar-refractivity contribution in [3.05, 3.63) is 29.3 Å². The van der Waals surface area contributed by atoms with E-state index in [0.29, 0.717) is 11.8 Å². The van der Waals surface area contributed by atoms with Crippen molar-refractivity contribution in [1.82, 2.24) is 0 Å². The summed E-state index contributed by atoms with van der Waals surface area (Å²) in [6.45, 7) is 0. The second-order valence-corrected chi connectivity index (χ2v) is 4.57. The van der Waals surface area contributed by atoms with Gasteiger partial charge in [0.05, 0.1) is 0 Å². The third-order valence-corrected chi connectivity index (χ3v) is 3.36. The van der Waals surface area contributed by atoms with E-state index in [9.17, 15) is 0 Å². The molecule has 0 aliphatic heterocycles. The number of rotatable bonds is 3.